The van der Waals surface area contributed by atoms with Crippen LogP contribution in [0.5, 0.6) is 0 Å². The van der Waals surface area contributed by atoms with Crippen molar-refractivity contribution in [3.63, 3.8) is 0 Å². The molecule has 1 N–H and O–H groups in total. The predicted molar refractivity (Wildman–Crippen MR) is 148 cm³/mol. The van der Waals surface area contributed by atoms with Crippen LogP contribution in [0.2, 0.25) is 0 Å². The molecule has 1 aromatic rings. The lowest BCUT2D eigenvalue weighted by Gasteiger charge is -2.44. The summed E-state index contributed by atoms with van der Waals surface area (Å²) in [7, 11) is 1.88. The van der Waals surface area contributed by atoms with Gasteiger partial charge in [-0.3, -0.25) is 4.79 Å². The molecule has 0 saturated heterocycles. The zero-order valence-corrected chi connectivity index (χ0v) is 23.4. The number of hydrogen-bond acceptors (Lipinski definition) is 2. The summed E-state index contributed by atoms with van der Waals surface area (Å²) in [6, 6.07) is 9.12. The van der Waals surface area contributed by atoms with Crippen LogP contribution in [0.4, 0.5) is 4.79 Å². The Morgan fingerprint density at radius 2 is 1.75 bits per heavy atom. The van der Waals surface area contributed by atoms with E-state index in [2.05, 4.69) is 48.3 Å². The molecule has 3 aliphatic rings. The number of benzene rings is 1. The molecule has 0 spiro atoms. The summed E-state index contributed by atoms with van der Waals surface area (Å²) in [6.07, 6.45) is 8.30. The van der Waals surface area contributed by atoms with Gasteiger partial charge >= 0.3 is 6.03 Å². The molecule has 1 fully saturated rings. The SMILES string of the molecule is CC(C)C1C2=C(CCN1C(=O)C1CCC(CN(C)C(=O)NC(C)(C)C)CC1)c1ccccc1CCC2. The fraction of sp³-hybridized carbons (Fsp3) is 0.677. The molecule has 5 heteroatoms. The number of fused-ring (bicyclic) bond motifs is 2. The van der Waals surface area contributed by atoms with Gasteiger partial charge in [-0.2, -0.15) is 0 Å². The Balaban J connectivity index is 1.41. The molecule has 36 heavy (non-hydrogen) atoms. The second kappa shape index (κ2) is 11.0. The van der Waals surface area contributed by atoms with E-state index < -0.39 is 0 Å². The third-order valence-electron chi connectivity index (χ3n) is 8.39. The number of nitrogens with zero attached hydrogens (tertiary/aromatic N) is 2. The zero-order valence-electron chi connectivity index (χ0n) is 23.4. The van der Waals surface area contributed by atoms with E-state index >= 15 is 0 Å². The Morgan fingerprint density at radius 1 is 1.06 bits per heavy atom. The first-order chi connectivity index (χ1) is 17.0. The van der Waals surface area contributed by atoms with Crippen molar-refractivity contribution in [1.82, 2.24) is 15.1 Å². The van der Waals surface area contributed by atoms with Gasteiger partial charge in [0, 0.05) is 31.6 Å². The van der Waals surface area contributed by atoms with Crippen LogP contribution in [-0.4, -0.2) is 53.5 Å². The number of amides is 3. The van der Waals surface area contributed by atoms with E-state index in [1.54, 1.807) is 0 Å². The van der Waals surface area contributed by atoms with Crippen molar-refractivity contribution in [3.8, 4) is 0 Å². The number of carbonyl (C=O) groups is 2. The maximum atomic E-state index is 13.9. The number of urea groups is 1. The van der Waals surface area contributed by atoms with Gasteiger partial charge in [0.15, 0.2) is 0 Å². The van der Waals surface area contributed by atoms with Gasteiger partial charge in [-0.05, 0) is 106 Å². The standard InChI is InChI=1S/C31H47N3O2/c1-21(2)28-27-13-9-11-23-10-7-8-12-25(23)26(27)18-19-34(28)29(35)24-16-14-22(15-17-24)20-33(6)30(36)32-31(3,4)5/h7-8,10,12,21-22,24,28H,9,11,13-20H2,1-6H3,(H,32,36). The minimum atomic E-state index is -0.231. The van der Waals surface area contributed by atoms with Crippen LogP contribution < -0.4 is 5.32 Å². The number of nitrogens with one attached hydrogen (secondary N) is 1. The summed E-state index contributed by atoms with van der Waals surface area (Å²) >= 11 is 0. The Kier molecular flexibility index (Phi) is 8.16. The van der Waals surface area contributed by atoms with Gasteiger partial charge in [0.2, 0.25) is 5.91 Å². The Bertz CT molecular complexity index is 982. The summed E-state index contributed by atoms with van der Waals surface area (Å²) in [5, 5.41) is 3.05. The van der Waals surface area contributed by atoms with E-state index in [9.17, 15) is 9.59 Å². The average molecular weight is 494 g/mol. The molecule has 4 rings (SSSR count). The van der Waals surface area contributed by atoms with Crippen molar-refractivity contribution in [2.45, 2.75) is 97.6 Å². The lowest BCUT2D eigenvalue weighted by Crippen LogP contribution is -2.50. The van der Waals surface area contributed by atoms with Crippen LogP contribution in [0.25, 0.3) is 5.57 Å². The fourth-order valence-electron chi connectivity index (χ4n) is 6.73. The molecular formula is C31H47N3O2. The third-order valence-corrected chi connectivity index (χ3v) is 8.39. The molecule has 1 aromatic carbocycles. The number of carbonyl (C=O) groups excluding carboxylic acids is 2. The first-order valence-corrected chi connectivity index (χ1v) is 14.2. The van der Waals surface area contributed by atoms with E-state index in [-0.39, 0.29) is 23.5 Å². The highest BCUT2D eigenvalue weighted by molar-refractivity contribution is 5.83. The molecule has 2 aliphatic carbocycles. The second-order valence-corrected chi connectivity index (χ2v) is 12.8. The summed E-state index contributed by atoms with van der Waals surface area (Å²) in [6.45, 7) is 12.2. The molecule has 3 amide bonds. The molecule has 5 nitrogen and oxygen atoms in total. The van der Waals surface area contributed by atoms with Gasteiger partial charge < -0.3 is 15.1 Å². The average Bonchev–Trinajstić information content (AvgIpc) is 3.01. The molecule has 0 aromatic heterocycles. The first kappa shape index (κ1) is 26.8. The third kappa shape index (κ3) is 5.98. The quantitative estimate of drug-likeness (QED) is 0.537. The van der Waals surface area contributed by atoms with Gasteiger partial charge in [-0.15, -0.1) is 0 Å². The normalized spacial score (nSPS) is 24.6. The smallest absolute Gasteiger partial charge is 0.317 e. The fourth-order valence-corrected chi connectivity index (χ4v) is 6.73. The summed E-state index contributed by atoms with van der Waals surface area (Å²) in [5.41, 5.74) is 5.72. The molecule has 1 atom stereocenters. The zero-order chi connectivity index (χ0) is 26.0. The summed E-state index contributed by atoms with van der Waals surface area (Å²) in [4.78, 5) is 30.4. The van der Waals surface area contributed by atoms with E-state index in [4.69, 9.17) is 0 Å². The minimum Gasteiger partial charge on any atom is -0.335 e. The topological polar surface area (TPSA) is 52.7 Å². The molecule has 1 aliphatic heterocycles. The van der Waals surface area contributed by atoms with Crippen molar-refractivity contribution < 1.29 is 9.59 Å². The van der Waals surface area contributed by atoms with Gasteiger partial charge in [-0.1, -0.05) is 38.1 Å². The van der Waals surface area contributed by atoms with Crippen molar-refractivity contribution >= 4 is 17.5 Å². The van der Waals surface area contributed by atoms with Crippen molar-refractivity contribution in [3.05, 3.63) is 41.0 Å². The van der Waals surface area contributed by atoms with E-state index in [1.807, 2.05) is 32.7 Å². The van der Waals surface area contributed by atoms with Crippen LogP contribution >= 0.6 is 0 Å². The Labute approximate surface area is 218 Å². The Hall–Kier alpha value is -2.30. The maximum absolute atomic E-state index is 13.9. The van der Waals surface area contributed by atoms with E-state index in [1.165, 1.54) is 28.7 Å². The molecule has 1 saturated carbocycles. The predicted octanol–water partition coefficient (Wildman–Crippen LogP) is 6.28. The van der Waals surface area contributed by atoms with Crippen LogP contribution in [0.15, 0.2) is 29.8 Å². The van der Waals surface area contributed by atoms with Crippen LogP contribution in [-0.2, 0) is 11.2 Å². The minimum absolute atomic E-state index is 0.0113. The van der Waals surface area contributed by atoms with Gasteiger partial charge in [0.25, 0.3) is 0 Å². The number of aryl methyl sites for hydroxylation is 1. The lowest BCUT2D eigenvalue weighted by atomic mass is 9.78. The number of hydrogen-bond donors (Lipinski definition) is 1. The monoisotopic (exact) mass is 493 g/mol. The highest BCUT2D eigenvalue weighted by Gasteiger charge is 2.39. The van der Waals surface area contributed by atoms with Gasteiger partial charge in [-0.25, -0.2) is 4.79 Å². The molecule has 1 heterocycles. The molecule has 1 unspecified atom stereocenters. The molecule has 0 radical (unpaired) electrons. The van der Waals surface area contributed by atoms with Crippen LogP contribution in [0.3, 0.4) is 0 Å². The second-order valence-electron chi connectivity index (χ2n) is 12.8. The molecular weight excluding hydrogens is 446 g/mol. The van der Waals surface area contributed by atoms with Gasteiger partial charge in [0.05, 0.1) is 6.04 Å². The number of rotatable bonds is 4. The first-order valence-electron chi connectivity index (χ1n) is 14.2. The maximum Gasteiger partial charge on any atom is 0.317 e. The lowest BCUT2D eigenvalue weighted by molar-refractivity contribution is -0.139. The summed E-state index contributed by atoms with van der Waals surface area (Å²) < 4.78 is 0. The Morgan fingerprint density at radius 3 is 2.42 bits per heavy atom. The van der Waals surface area contributed by atoms with Gasteiger partial charge in [0.1, 0.15) is 0 Å². The highest BCUT2D eigenvalue weighted by atomic mass is 16.2. The highest BCUT2D eigenvalue weighted by Crippen LogP contribution is 2.42. The van der Waals surface area contributed by atoms with Crippen molar-refractivity contribution in [1.29, 1.82) is 0 Å². The largest absolute Gasteiger partial charge is 0.335 e. The molecule has 198 valence electrons. The molecule has 0 bridgehead atoms. The van der Waals surface area contributed by atoms with Crippen molar-refractivity contribution in [2.24, 2.45) is 17.8 Å². The van der Waals surface area contributed by atoms with Crippen LogP contribution in [0, 0.1) is 17.8 Å². The van der Waals surface area contributed by atoms with E-state index in [0.29, 0.717) is 17.7 Å². The van der Waals surface area contributed by atoms with Crippen LogP contribution in [0.1, 0.15) is 90.7 Å². The summed E-state index contributed by atoms with van der Waals surface area (Å²) in [5.74, 6) is 1.38. The van der Waals surface area contributed by atoms with Crippen molar-refractivity contribution in [2.75, 3.05) is 20.1 Å². The van der Waals surface area contributed by atoms with E-state index in [0.717, 1.165) is 58.0 Å².